The fraction of sp³-hybridized carbons (Fsp3) is 0.176. The van der Waals surface area contributed by atoms with Crippen molar-refractivity contribution in [3.63, 3.8) is 0 Å². The Balaban J connectivity index is 0. The molecule has 0 bridgehead atoms. The van der Waals surface area contributed by atoms with Gasteiger partial charge in [-0.1, -0.05) is 47.9 Å². The largest absolute Gasteiger partial charge is 2.00 e. The van der Waals surface area contributed by atoms with Crippen LogP contribution in [-0.2, 0) is 19.5 Å². The molecule has 7 nitrogen and oxygen atoms in total. The first-order valence-electron chi connectivity index (χ1n) is 6.83. The molecule has 0 spiro atoms. The second-order valence-electron chi connectivity index (χ2n) is 4.70. The summed E-state index contributed by atoms with van der Waals surface area (Å²) in [6.07, 6.45) is -0.167. The molecule has 0 atom stereocenters. The van der Waals surface area contributed by atoms with Crippen molar-refractivity contribution in [3.05, 3.63) is 59.7 Å². The number of carboxylic acid groups (broad SMARTS) is 2. The Hall–Kier alpha value is -2.44. The average molecular weight is 400 g/mol. The van der Waals surface area contributed by atoms with Crippen LogP contribution in [0.3, 0.4) is 0 Å². The van der Waals surface area contributed by atoms with Crippen LogP contribution in [0.4, 0.5) is 0 Å². The Bertz CT molecular complexity index is 613. The fourth-order valence-electron chi connectivity index (χ4n) is 1.29. The summed E-state index contributed by atoms with van der Waals surface area (Å²) in [5.74, 6) is -3.25. The van der Waals surface area contributed by atoms with Crippen LogP contribution in [0.25, 0.3) is 0 Å². The monoisotopic (exact) mass is 398 g/mol. The maximum absolute atomic E-state index is 10.7. The Kier molecular flexibility index (Phi) is 12.8. The molecule has 0 heterocycles. The van der Waals surface area contributed by atoms with Crippen molar-refractivity contribution in [3.8, 4) is 11.5 Å². The van der Waals surface area contributed by atoms with E-state index in [-0.39, 0.29) is 36.7 Å². The minimum Gasteiger partial charge on any atom is -0.872 e. The number of aromatic carboxylic acids is 2. The molecule has 130 valence electrons. The molecule has 0 aliphatic rings. The number of para-hydroxylation sites is 2. The van der Waals surface area contributed by atoms with Crippen LogP contribution in [0.2, 0.25) is 0 Å². The first-order valence-corrected chi connectivity index (χ1v) is 6.83. The van der Waals surface area contributed by atoms with Gasteiger partial charge in [0.25, 0.3) is 0 Å². The second kappa shape index (κ2) is 12.9. The van der Waals surface area contributed by atoms with Gasteiger partial charge in [-0.05, 0) is 26.0 Å². The zero-order valence-corrected chi connectivity index (χ0v) is 16.8. The summed E-state index contributed by atoms with van der Waals surface area (Å²) in [5.41, 5.74) is -0.356. The Morgan fingerprint density at radius 1 is 0.800 bits per heavy atom. The van der Waals surface area contributed by atoms with Crippen molar-refractivity contribution in [2.24, 2.45) is 0 Å². The van der Waals surface area contributed by atoms with E-state index in [2.05, 4.69) is 0 Å². The molecule has 2 rings (SSSR count). The molecule has 2 aromatic rings. The van der Waals surface area contributed by atoms with Crippen molar-refractivity contribution in [1.29, 1.82) is 0 Å². The molecule has 2 aromatic carbocycles. The van der Waals surface area contributed by atoms with Crippen LogP contribution in [0.5, 0.6) is 11.5 Å². The molecule has 0 aliphatic carbocycles. The van der Waals surface area contributed by atoms with Gasteiger partial charge in [0.15, 0.2) is 0 Å². The van der Waals surface area contributed by atoms with Crippen molar-refractivity contribution < 1.29 is 54.6 Å². The summed E-state index contributed by atoms with van der Waals surface area (Å²) in [6, 6.07) is 11.1. The Morgan fingerprint density at radius 2 is 1.04 bits per heavy atom. The molecule has 0 amide bonds. The summed E-state index contributed by atoms with van der Waals surface area (Å²) in [5, 5.41) is 46.1. The minimum atomic E-state index is -1.18. The first kappa shape index (κ1) is 24.8. The molecule has 25 heavy (non-hydrogen) atoms. The molecule has 3 N–H and O–H groups in total. The number of hydrogen-bond donors (Lipinski definition) is 3. The Morgan fingerprint density at radius 3 is 1.20 bits per heavy atom. The molecular formula is C17H18O7Zn. The van der Waals surface area contributed by atoms with Gasteiger partial charge in [-0.3, -0.25) is 0 Å². The number of rotatable bonds is 2. The van der Waals surface area contributed by atoms with E-state index in [0.717, 1.165) is 0 Å². The van der Waals surface area contributed by atoms with E-state index in [1.54, 1.807) is 13.8 Å². The zero-order chi connectivity index (χ0) is 18.7. The number of aliphatic hydroxyl groups is 1. The van der Waals surface area contributed by atoms with Gasteiger partial charge in [-0.2, -0.15) is 0 Å². The minimum absolute atomic E-state index is 0. The summed E-state index contributed by atoms with van der Waals surface area (Å²) in [6.45, 7) is 3.44. The van der Waals surface area contributed by atoms with E-state index >= 15 is 0 Å². The van der Waals surface area contributed by atoms with Gasteiger partial charge in [0.05, 0.1) is 11.1 Å². The maximum atomic E-state index is 10.7. The fourth-order valence-corrected chi connectivity index (χ4v) is 1.29. The molecule has 0 aliphatic heterocycles. The van der Waals surface area contributed by atoms with Crippen LogP contribution >= 0.6 is 0 Å². The Labute approximate surface area is 158 Å². The van der Waals surface area contributed by atoms with Crippen LogP contribution in [0.15, 0.2) is 48.5 Å². The van der Waals surface area contributed by atoms with Crippen LogP contribution < -0.4 is 10.2 Å². The molecule has 8 heteroatoms. The molecule has 0 fully saturated rings. The van der Waals surface area contributed by atoms with Gasteiger partial charge in [-0.15, -0.1) is 0 Å². The second-order valence-corrected chi connectivity index (χ2v) is 4.70. The van der Waals surface area contributed by atoms with Gasteiger partial charge >= 0.3 is 31.4 Å². The van der Waals surface area contributed by atoms with Crippen molar-refractivity contribution in [1.82, 2.24) is 0 Å². The predicted octanol–water partition coefficient (Wildman–Crippen LogP) is 1.30. The topological polar surface area (TPSA) is 141 Å². The molecule has 0 aromatic heterocycles. The maximum Gasteiger partial charge on any atom is 2.00 e. The number of hydrogen-bond acceptors (Lipinski definition) is 5. The molecule has 0 unspecified atom stereocenters. The molecule has 0 saturated carbocycles. The standard InChI is InChI=1S/2C7H6O3.C3H8O.Zn/c2*8-6-4-2-1-3-5(6)7(9)10;1-3(2)4;/h2*1-4,8H,(H,9,10);3-4H,1-2H3;/q;;;+2/p-2. The third-order valence-corrected chi connectivity index (χ3v) is 2.23. The van der Waals surface area contributed by atoms with Gasteiger partial charge in [0, 0.05) is 6.10 Å². The van der Waals surface area contributed by atoms with E-state index in [4.69, 9.17) is 15.3 Å². The SMILES string of the molecule is CC(C)O.O=C(O)c1ccccc1[O-].O=C(O)c1ccccc1[O-].[Zn+2]. The van der Waals surface area contributed by atoms with Crippen LogP contribution in [0.1, 0.15) is 34.6 Å². The number of carboxylic acids is 2. The molecule has 0 radical (unpaired) electrons. The third kappa shape index (κ3) is 10.9. The average Bonchev–Trinajstić information content (AvgIpc) is 2.47. The van der Waals surface area contributed by atoms with Crippen molar-refractivity contribution in [2.45, 2.75) is 20.0 Å². The quantitative estimate of drug-likeness (QED) is 0.646. The number of aliphatic hydroxyl groups excluding tert-OH is 1. The van der Waals surface area contributed by atoms with Crippen molar-refractivity contribution >= 4 is 11.9 Å². The zero-order valence-electron chi connectivity index (χ0n) is 13.9. The normalized spacial score (nSPS) is 8.80. The summed E-state index contributed by atoms with van der Waals surface area (Å²) < 4.78 is 0. The smallest absolute Gasteiger partial charge is 0.872 e. The molecular weight excluding hydrogens is 382 g/mol. The number of carbonyl (C=O) groups is 2. The van der Waals surface area contributed by atoms with E-state index in [9.17, 15) is 19.8 Å². The van der Waals surface area contributed by atoms with E-state index in [0.29, 0.717) is 0 Å². The predicted molar refractivity (Wildman–Crippen MR) is 83.0 cm³/mol. The first-order chi connectivity index (χ1) is 11.2. The van der Waals surface area contributed by atoms with Gasteiger partial charge in [0.1, 0.15) is 0 Å². The van der Waals surface area contributed by atoms with E-state index < -0.39 is 23.4 Å². The van der Waals surface area contributed by atoms with Gasteiger partial charge < -0.3 is 25.5 Å². The van der Waals surface area contributed by atoms with Gasteiger partial charge in [-0.25, -0.2) is 9.59 Å². The van der Waals surface area contributed by atoms with E-state index in [1.807, 2.05) is 0 Å². The summed E-state index contributed by atoms with van der Waals surface area (Å²) in [4.78, 5) is 20.4. The van der Waals surface area contributed by atoms with Gasteiger partial charge in [0.2, 0.25) is 0 Å². The van der Waals surface area contributed by atoms with Crippen LogP contribution in [-0.4, -0.2) is 33.4 Å². The molecule has 0 saturated heterocycles. The van der Waals surface area contributed by atoms with Crippen molar-refractivity contribution in [2.75, 3.05) is 0 Å². The summed E-state index contributed by atoms with van der Waals surface area (Å²) in [7, 11) is 0. The number of benzene rings is 2. The summed E-state index contributed by atoms with van der Waals surface area (Å²) >= 11 is 0. The van der Waals surface area contributed by atoms with Crippen LogP contribution in [0, 0.1) is 0 Å². The third-order valence-electron chi connectivity index (χ3n) is 2.23. The van der Waals surface area contributed by atoms with E-state index in [1.165, 1.54) is 48.5 Å².